The summed E-state index contributed by atoms with van der Waals surface area (Å²) >= 11 is 5.93. The van der Waals surface area contributed by atoms with Crippen LogP contribution in [0.15, 0.2) is 78.9 Å². The molecule has 0 saturated heterocycles. The molecule has 0 bridgehead atoms. The number of halogens is 1. The zero-order valence-corrected chi connectivity index (χ0v) is 16.8. The molecule has 7 heteroatoms. The van der Waals surface area contributed by atoms with E-state index in [1.54, 1.807) is 42.5 Å². The second-order valence-corrected chi connectivity index (χ2v) is 6.89. The Morgan fingerprint density at radius 3 is 2.27 bits per heavy atom. The van der Waals surface area contributed by atoms with Gasteiger partial charge in [0.05, 0.1) is 17.8 Å². The van der Waals surface area contributed by atoms with Gasteiger partial charge in [0.2, 0.25) is 5.91 Å². The predicted octanol–water partition coefficient (Wildman–Crippen LogP) is 3.64. The Morgan fingerprint density at radius 1 is 0.767 bits per heavy atom. The van der Waals surface area contributed by atoms with Crippen molar-refractivity contribution in [2.45, 2.75) is 6.54 Å². The number of carbonyl (C=O) groups excluding carboxylic acids is 3. The van der Waals surface area contributed by atoms with Crippen LogP contribution in [0, 0.1) is 0 Å². The first kappa shape index (κ1) is 21.1. The van der Waals surface area contributed by atoms with Gasteiger partial charge in [-0.1, -0.05) is 60.1 Å². The van der Waals surface area contributed by atoms with Crippen LogP contribution in [0.3, 0.4) is 0 Å². The van der Waals surface area contributed by atoms with Gasteiger partial charge in [0.15, 0.2) is 0 Å². The molecular formula is C23H20ClN3O3. The van der Waals surface area contributed by atoms with E-state index in [1.807, 2.05) is 30.3 Å². The number of hydrogen-bond acceptors (Lipinski definition) is 3. The van der Waals surface area contributed by atoms with E-state index < -0.39 is 11.8 Å². The average molecular weight is 422 g/mol. The lowest BCUT2D eigenvalue weighted by Crippen LogP contribution is -2.36. The molecule has 0 radical (unpaired) electrons. The SMILES string of the molecule is O=C(CNC(=O)c1ccccc1NC(=O)c1cccc(Cl)c1)NCc1ccccc1. The molecule has 3 amide bonds. The standard InChI is InChI=1S/C23H20ClN3O3/c24-18-10-6-9-17(13-18)22(29)27-20-12-5-4-11-19(20)23(30)26-15-21(28)25-14-16-7-2-1-3-8-16/h1-13H,14-15H2,(H,25,28)(H,26,30)(H,27,29). The predicted molar refractivity (Wildman–Crippen MR) is 116 cm³/mol. The zero-order valence-electron chi connectivity index (χ0n) is 16.0. The maximum absolute atomic E-state index is 12.6. The third-order valence-corrected chi connectivity index (χ3v) is 4.48. The van der Waals surface area contributed by atoms with Gasteiger partial charge in [0.25, 0.3) is 11.8 Å². The third-order valence-electron chi connectivity index (χ3n) is 4.25. The summed E-state index contributed by atoms with van der Waals surface area (Å²) in [7, 11) is 0. The van der Waals surface area contributed by atoms with Gasteiger partial charge in [-0.3, -0.25) is 14.4 Å². The molecule has 3 rings (SSSR count). The molecule has 6 nitrogen and oxygen atoms in total. The van der Waals surface area contributed by atoms with Crippen LogP contribution in [0.2, 0.25) is 5.02 Å². The molecule has 0 aromatic heterocycles. The summed E-state index contributed by atoms with van der Waals surface area (Å²) in [6.45, 7) is 0.198. The molecule has 3 aromatic rings. The van der Waals surface area contributed by atoms with E-state index in [-0.39, 0.29) is 18.0 Å². The highest BCUT2D eigenvalue weighted by molar-refractivity contribution is 6.31. The molecule has 0 aliphatic carbocycles. The van der Waals surface area contributed by atoms with Gasteiger partial charge in [-0.05, 0) is 35.9 Å². The molecule has 0 unspecified atom stereocenters. The zero-order chi connectivity index (χ0) is 21.3. The van der Waals surface area contributed by atoms with Crippen LogP contribution in [0.5, 0.6) is 0 Å². The molecule has 3 N–H and O–H groups in total. The molecule has 0 heterocycles. The Kier molecular flexibility index (Phi) is 7.19. The lowest BCUT2D eigenvalue weighted by molar-refractivity contribution is -0.120. The van der Waals surface area contributed by atoms with E-state index in [0.29, 0.717) is 22.8 Å². The van der Waals surface area contributed by atoms with Crippen molar-refractivity contribution >= 4 is 35.0 Å². The molecular weight excluding hydrogens is 402 g/mol. The molecule has 0 aliphatic heterocycles. The summed E-state index contributed by atoms with van der Waals surface area (Å²) in [5, 5.41) is 8.47. The van der Waals surface area contributed by atoms with Crippen molar-refractivity contribution < 1.29 is 14.4 Å². The molecule has 0 aliphatic rings. The highest BCUT2D eigenvalue weighted by Gasteiger charge is 2.15. The maximum Gasteiger partial charge on any atom is 0.255 e. The number of amides is 3. The van der Waals surface area contributed by atoms with Gasteiger partial charge in [-0.15, -0.1) is 0 Å². The fourth-order valence-electron chi connectivity index (χ4n) is 2.73. The first-order valence-electron chi connectivity index (χ1n) is 9.27. The van der Waals surface area contributed by atoms with Gasteiger partial charge < -0.3 is 16.0 Å². The molecule has 152 valence electrons. The number of para-hydroxylation sites is 1. The number of benzene rings is 3. The molecule has 0 atom stereocenters. The fourth-order valence-corrected chi connectivity index (χ4v) is 2.92. The monoisotopic (exact) mass is 421 g/mol. The van der Waals surface area contributed by atoms with Crippen LogP contribution >= 0.6 is 11.6 Å². The van der Waals surface area contributed by atoms with E-state index in [1.165, 1.54) is 6.07 Å². The van der Waals surface area contributed by atoms with E-state index >= 15 is 0 Å². The Labute approximate surface area is 179 Å². The van der Waals surface area contributed by atoms with Crippen molar-refractivity contribution in [2.75, 3.05) is 11.9 Å². The average Bonchev–Trinajstić information content (AvgIpc) is 2.77. The van der Waals surface area contributed by atoms with Crippen molar-refractivity contribution in [1.82, 2.24) is 10.6 Å². The summed E-state index contributed by atoms with van der Waals surface area (Å²) in [6.07, 6.45) is 0. The summed E-state index contributed by atoms with van der Waals surface area (Å²) in [5.74, 6) is -1.17. The molecule has 0 spiro atoms. The number of carbonyl (C=O) groups is 3. The number of rotatable bonds is 7. The van der Waals surface area contributed by atoms with E-state index in [0.717, 1.165) is 5.56 Å². The number of anilines is 1. The second kappa shape index (κ2) is 10.2. The van der Waals surface area contributed by atoms with E-state index in [9.17, 15) is 14.4 Å². The summed E-state index contributed by atoms with van der Waals surface area (Å²) in [4.78, 5) is 37.0. The molecule has 0 fully saturated rings. The summed E-state index contributed by atoms with van der Waals surface area (Å²) in [6, 6.07) is 22.6. The van der Waals surface area contributed by atoms with Crippen LogP contribution in [-0.2, 0) is 11.3 Å². The van der Waals surface area contributed by atoms with Gasteiger partial charge in [-0.2, -0.15) is 0 Å². The molecule has 3 aromatic carbocycles. The minimum Gasteiger partial charge on any atom is -0.350 e. The van der Waals surface area contributed by atoms with Crippen LogP contribution in [0.4, 0.5) is 5.69 Å². The van der Waals surface area contributed by atoms with Crippen molar-refractivity contribution in [1.29, 1.82) is 0 Å². The summed E-state index contributed by atoms with van der Waals surface area (Å²) in [5.41, 5.74) is 1.93. The van der Waals surface area contributed by atoms with Crippen LogP contribution in [-0.4, -0.2) is 24.3 Å². The van der Waals surface area contributed by atoms with Gasteiger partial charge in [0.1, 0.15) is 0 Å². The van der Waals surface area contributed by atoms with E-state index in [2.05, 4.69) is 16.0 Å². The second-order valence-electron chi connectivity index (χ2n) is 6.46. The topological polar surface area (TPSA) is 87.3 Å². The third kappa shape index (κ3) is 5.93. The van der Waals surface area contributed by atoms with Gasteiger partial charge in [0, 0.05) is 17.1 Å². The van der Waals surface area contributed by atoms with Crippen molar-refractivity contribution in [3.8, 4) is 0 Å². The normalized spacial score (nSPS) is 10.2. The summed E-state index contributed by atoms with van der Waals surface area (Å²) < 4.78 is 0. The molecule has 30 heavy (non-hydrogen) atoms. The lowest BCUT2D eigenvalue weighted by Gasteiger charge is -2.12. The largest absolute Gasteiger partial charge is 0.350 e. The Hall–Kier alpha value is -3.64. The Balaban J connectivity index is 1.58. The highest BCUT2D eigenvalue weighted by atomic mass is 35.5. The minimum atomic E-state index is -0.466. The van der Waals surface area contributed by atoms with E-state index in [4.69, 9.17) is 11.6 Å². The van der Waals surface area contributed by atoms with Crippen LogP contribution in [0.1, 0.15) is 26.3 Å². The van der Waals surface area contributed by atoms with Gasteiger partial charge in [-0.25, -0.2) is 0 Å². The lowest BCUT2D eigenvalue weighted by atomic mass is 10.1. The van der Waals surface area contributed by atoms with Crippen molar-refractivity contribution in [2.24, 2.45) is 0 Å². The van der Waals surface area contributed by atoms with Crippen LogP contribution in [0.25, 0.3) is 0 Å². The maximum atomic E-state index is 12.6. The minimum absolute atomic E-state index is 0.178. The number of nitrogens with one attached hydrogen (secondary N) is 3. The first-order valence-corrected chi connectivity index (χ1v) is 9.65. The fraction of sp³-hybridized carbons (Fsp3) is 0.0870. The van der Waals surface area contributed by atoms with Crippen molar-refractivity contribution in [3.05, 3.63) is 101 Å². The van der Waals surface area contributed by atoms with Crippen molar-refractivity contribution in [3.63, 3.8) is 0 Å². The highest BCUT2D eigenvalue weighted by Crippen LogP contribution is 2.17. The number of hydrogen-bond donors (Lipinski definition) is 3. The quantitative estimate of drug-likeness (QED) is 0.544. The molecule has 0 saturated carbocycles. The van der Waals surface area contributed by atoms with Gasteiger partial charge >= 0.3 is 0 Å². The smallest absolute Gasteiger partial charge is 0.255 e. The first-order chi connectivity index (χ1) is 14.5. The van der Waals surface area contributed by atoms with Crippen LogP contribution < -0.4 is 16.0 Å². The Morgan fingerprint density at radius 2 is 1.50 bits per heavy atom. The Bertz CT molecular complexity index is 1050.